The maximum absolute atomic E-state index is 5.66. The maximum Gasteiger partial charge on any atom is 0.0593 e. The van der Waals surface area contributed by atoms with E-state index in [0.29, 0.717) is 6.04 Å². The summed E-state index contributed by atoms with van der Waals surface area (Å²) in [6.07, 6.45) is 6.87. The van der Waals surface area contributed by atoms with Crippen molar-refractivity contribution in [1.82, 2.24) is 10.2 Å². The molecular weight excluding hydrogens is 200 g/mol. The standard InChI is InChI=1S/C13H26N2O/c1-15(8-9-16-11-12-5-6-12)10-13-4-2-3-7-14-13/h12-14H,2-11H2,1H3. The molecular formula is C13H26N2O. The van der Waals surface area contributed by atoms with Gasteiger partial charge in [0, 0.05) is 25.7 Å². The van der Waals surface area contributed by atoms with E-state index in [2.05, 4.69) is 17.3 Å². The largest absolute Gasteiger partial charge is 0.380 e. The van der Waals surface area contributed by atoms with Crippen LogP contribution in [-0.4, -0.2) is 50.8 Å². The molecule has 3 nitrogen and oxygen atoms in total. The zero-order valence-electron chi connectivity index (χ0n) is 10.6. The molecule has 3 heteroatoms. The van der Waals surface area contributed by atoms with Crippen molar-refractivity contribution >= 4 is 0 Å². The zero-order chi connectivity index (χ0) is 11.2. The Balaban J connectivity index is 1.47. The van der Waals surface area contributed by atoms with Crippen molar-refractivity contribution in [1.29, 1.82) is 0 Å². The number of piperidine rings is 1. The van der Waals surface area contributed by atoms with Crippen LogP contribution in [0.25, 0.3) is 0 Å². The summed E-state index contributed by atoms with van der Waals surface area (Å²) in [7, 11) is 2.21. The fraction of sp³-hybridized carbons (Fsp3) is 1.00. The van der Waals surface area contributed by atoms with Crippen molar-refractivity contribution in [2.24, 2.45) is 5.92 Å². The molecule has 0 spiro atoms. The van der Waals surface area contributed by atoms with Crippen LogP contribution in [-0.2, 0) is 4.74 Å². The van der Waals surface area contributed by atoms with Gasteiger partial charge in [-0.2, -0.15) is 0 Å². The summed E-state index contributed by atoms with van der Waals surface area (Å²) in [6.45, 7) is 5.35. The van der Waals surface area contributed by atoms with E-state index in [-0.39, 0.29) is 0 Å². The lowest BCUT2D eigenvalue weighted by molar-refractivity contribution is 0.0996. The first-order valence-corrected chi connectivity index (χ1v) is 6.84. The van der Waals surface area contributed by atoms with Gasteiger partial charge in [-0.3, -0.25) is 0 Å². The quantitative estimate of drug-likeness (QED) is 0.666. The summed E-state index contributed by atoms with van der Waals surface area (Å²) in [5, 5.41) is 3.59. The third-order valence-electron chi connectivity index (χ3n) is 3.61. The molecule has 2 aliphatic rings. The zero-order valence-corrected chi connectivity index (χ0v) is 10.6. The second-order valence-electron chi connectivity index (χ2n) is 5.43. The number of hydrogen-bond donors (Lipinski definition) is 1. The monoisotopic (exact) mass is 226 g/mol. The predicted octanol–water partition coefficient (Wildman–Crippen LogP) is 1.49. The second-order valence-corrected chi connectivity index (χ2v) is 5.43. The van der Waals surface area contributed by atoms with Gasteiger partial charge in [0.2, 0.25) is 0 Å². The molecule has 1 saturated heterocycles. The molecule has 0 amide bonds. The van der Waals surface area contributed by atoms with Gasteiger partial charge in [0.25, 0.3) is 0 Å². The van der Waals surface area contributed by atoms with Crippen molar-refractivity contribution in [3.63, 3.8) is 0 Å². The fourth-order valence-electron chi connectivity index (χ4n) is 2.30. The molecule has 2 fully saturated rings. The number of likely N-dealkylation sites (N-methyl/N-ethyl adjacent to an activating group) is 1. The van der Waals surface area contributed by atoms with E-state index in [1.54, 1.807) is 0 Å². The van der Waals surface area contributed by atoms with Crippen LogP contribution in [0, 0.1) is 5.92 Å². The third kappa shape index (κ3) is 4.81. The van der Waals surface area contributed by atoms with E-state index >= 15 is 0 Å². The Morgan fingerprint density at radius 1 is 1.25 bits per heavy atom. The smallest absolute Gasteiger partial charge is 0.0593 e. The van der Waals surface area contributed by atoms with Crippen LogP contribution in [0.4, 0.5) is 0 Å². The van der Waals surface area contributed by atoms with Gasteiger partial charge in [-0.1, -0.05) is 6.42 Å². The Morgan fingerprint density at radius 3 is 2.81 bits per heavy atom. The van der Waals surface area contributed by atoms with Gasteiger partial charge >= 0.3 is 0 Å². The number of rotatable bonds is 7. The molecule has 0 aromatic rings. The summed E-state index contributed by atoms with van der Waals surface area (Å²) in [5.41, 5.74) is 0. The van der Waals surface area contributed by atoms with Crippen LogP contribution in [0.1, 0.15) is 32.1 Å². The summed E-state index contributed by atoms with van der Waals surface area (Å²) in [6, 6.07) is 0.710. The highest BCUT2D eigenvalue weighted by atomic mass is 16.5. The fourth-order valence-corrected chi connectivity index (χ4v) is 2.30. The van der Waals surface area contributed by atoms with Gasteiger partial charge in [-0.15, -0.1) is 0 Å². The van der Waals surface area contributed by atoms with Crippen LogP contribution in [0.15, 0.2) is 0 Å². The average Bonchev–Trinajstić information content (AvgIpc) is 3.10. The van der Waals surface area contributed by atoms with Crippen molar-refractivity contribution in [2.45, 2.75) is 38.1 Å². The molecule has 0 aromatic carbocycles. The van der Waals surface area contributed by atoms with Crippen LogP contribution in [0.5, 0.6) is 0 Å². The molecule has 1 aliphatic heterocycles. The van der Waals surface area contributed by atoms with Gasteiger partial charge in [-0.25, -0.2) is 0 Å². The number of ether oxygens (including phenoxy) is 1. The van der Waals surface area contributed by atoms with E-state index in [1.165, 1.54) is 45.2 Å². The molecule has 2 rings (SSSR count). The third-order valence-corrected chi connectivity index (χ3v) is 3.61. The molecule has 1 saturated carbocycles. The maximum atomic E-state index is 5.66. The van der Waals surface area contributed by atoms with Gasteiger partial charge in [0.1, 0.15) is 0 Å². The highest BCUT2D eigenvalue weighted by molar-refractivity contribution is 4.75. The second kappa shape index (κ2) is 6.58. The molecule has 0 radical (unpaired) electrons. The van der Waals surface area contributed by atoms with Crippen LogP contribution in [0.3, 0.4) is 0 Å². The number of nitrogens with zero attached hydrogens (tertiary/aromatic N) is 1. The van der Waals surface area contributed by atoms with Crippen LogP contribution >= 0.6 is 0 Å². The molecule has 1 N–H and O–H groups in total. The molecule has 1 aliphatic carbocycles. The molecule has 16 heavy (non-hydrogen) atoms. The summed E-state index contributed by atoms with van der Waals surface area (Å²) >= 11 is 0. The van der Waals surface area contributed by atoms with E-state index in [9.17, 15) is 0 Å². The minimum atomic E-state index is 0.710. The molecule has 0 aromatic heterocycles. The van der Waals surface area contributed by atoms with Crippen LogP contribution in [0.2, 0.25) is 0 Å². The van der Waals surface area contributed by atoms with E-state index in [0.717, 1.165) is 25.7 Å². The Kier molecular flexibility index (Phi) is 5.07. The molecule has 1 heterocycles. The lowest BCUT2D eigenvalue weighted by Crippen LogP contribution is -2.43. The van der Waals surface area contributed by atoms with E-state index < -0.39 is 0 Å². The minimum absolute atomic E-state index is 0.710. The SMILES string of the molecule is CN(CCOCC1CC1)CC1CCCCN1. The Morgan fingerprint density at radius 2 is 2.12 bits per heavy atom. The van der Waals surface area contributed by atoms with Crippen molar-refractivity contribution in [2.75, 3.05) is 39.9 Å². The van der Waals surface area contributed by atoms with Crippen LogP contribution < -0.4 is 5.32 Å². The average molecular weight is 226 g/mol. The van der Waals surface area contributed by atoms with Crippen molar-refractivity contribution in [3.8, 4) is 0 Å². The van der Waals surface area contributed by atoms with Crippen molar-refractivity contribution in [3.05, 3.63) is 0 Å². The first-order chi connectivity index (χ1) is 7.84. The molecule has 1 unspecified atom stereocenters. The minimum Gasteiger partial charge on any atom is -0.380 e. The summed E-state index contributed by atoms with van der Waals surface area (Å²) < 4.78 is 5.66. The summed E-state index contributed by atoms with van der Waals surface area (Å²) in [4.78, 5) is 2.40. The van der Waals surface area contributed by atoms with Gasteiger partial charge in [0.05, 0.1) is 6.61 Å². The van der Waals surface area contributed by atoms with Gasteiger partial charge < -0.3 is 15.0 Å². The highest BCUT2D eigenvalue weighted by Crippen LogP contribution is 2.28. The first-order valence-electron chi connectivity index (χ1n) is 6.84. The molecule has 94 valence electrons. The lowest BCUT2D eigenvalue weighted by Gasteiger charge is -2.28. The van der Waals surface area contributed by atoms with Crippen molar-refractivity contribution < 1.29 is 4.74 Å². The predicted molar refractivity (Wildman–Crippen MR) is 66.7 cm³/mol. The topological polar surface area (TPSA) is 24.5 Å². The molecule has 1 atom stereocenters. The van der Waals surface area contributed by atoms with Gasteiger partial charge in [0.15, 0.2) is 0 Å². The lowest BCUT2D eigenvalue weighted by atomic mass is 10.0. The van der Waals surface area contributed by atoms with E-state index in [1.807, 2.05) is 0 Å². The summed E-state index contributed by atoms with van der Waals surface area (Å²) in [5.74, 6) is 0.894. The molecule has 0 bridgehead atoms. The van der Waals surface area contributed by atoms with E-state index in [4.69, 9.17) is 4.74 Å². The van der Waals surface area contributed by atoms with Gasteiger partial charge in [-0.05, 0) is 45.2 Å². The Labute approximate surface area is 99.5 Å². The normalized spacial score (nSPS) is 26.2. The first kappa shape index (κ1) is 12.3. The highest BCUT2D eigenvalue weighted by Gasteiger charge is 2.21. The Bertz CT molecular complexity index is 188. The number of hydrogen-bond acceptors (Lipinski definition) is 3. The Hall–Kier alpha value is -0.120. The number of nitrogens with one attached hydrogen (secondary N) is 1.